The van der Waals surface area contributed by atoms with Crippen molar-refractivity contribution in [3.63, 3.8) is 0 Å². The Balaban J connectivity index is 1.69. The van der Waals surface area contributed by atoms with Crippen molar-refractivity contribution in [1.82, 2.24) is 0 Å². The summed E-state index contributed by atoms with van der Waals surface area (Å²) in [5, 5.41) is 0.312. The van der Waals surface area contributed by atoms with Gasteiger partial charge in [0.05, 0.1) is 18.7 Å². The normalized spacial score (nSPS) is 13.0. The van der Waals surface area contributed by atoms with Gasteiger partial charge in [0, 0.05) is 28.8 Å². The lowest BCUT2D eigenvalue weighted by Crippen LogP contribution is -2.26. The highest BCUT2D eigenvalue weighted by Gasteiger charge is 2.29. The van der Waals surface area contributed by atoms with Crippen LogP contribution in [0.4, 0.5) is 18.9 Å². The molecule has 0 N–H and O–H groups in total. The molecule has 0 saturated carbocycles. The number of benzene rings is 3. The van der Waals surface area contributed by atoms with Crippen molar-refractivity contribution in [2.24, 2.45) is 0 Å². The van der Waals surface area contributed by atoms with Crippen molar-refractivity contribution in [1.29, 1.82) is 0 Å². The molecule has 1 aliphatic rings. The van der Waals surface area contributed by atoms with Crippen LogP contribution in [0.5, 0.6) is 11.5 Å². The van der Waals surface area contributed by atoms with E-state index in [1.807, 2.05) is 0 Å². The molecule has 0 spiro atoms. The number of anilines is 1. The average molecular weight is 404 g/mol. The number of fused-ring (bicyclic) bond motifs is 1. The number of carbonyl (C=O) groups is 1. The second kappa shape index (κ2) is 7.20. The van der Waals surface area contributed by atoms with E-state index in [0.29, 0.717) is 21.8 Å². The average Bonchev–Trinajstić information content (AvgIpc) is 2.92. The van der Waals surface area contributed by atoms with Crippen LogP contribution in [0.1, 0.15) is 11.1 Å². The summed E-state index contributed by atoms with van der Waals surface area (Å²) < 4.78 is 46.2. The minimum atomic E-state index is -0.780. The fourth-order valence-electron chi connectivity index (χ4n) is 3.16. The Bertz CT molecular complexity index is 1070. The van der Waals surface area contributed by atoms with Gasteiger partial charge in [-0.3, -0.25) is 4.79 Å². The quantitative estimate of drug-likeness (QED) is 0.564. The molecule has 0 radical (unpaired) electrons. The van der Waals surface area contributed by atoms with Crippen LogP contribution in [0.25, 0.3) is 0 Å². The molecule has 1 aliphatic heterocycles. The van der Waals surface area contributed by atoms with E-state index in [1.54, 1.807) is 24.3 Å². The second-order valence-corrected chi connectivity index (χ2v) is 6.76. The van der Waals surface area contributed by atoms with Gasteiger partial charge in [-0.25, -0.2) is 13.2 Å². The lowest BCUT2D eigenvalue weighted by molar-refractivity contribution is -0.117. The van der Waals surface area contributed by atoms with Crippen LogP contribution in [0.2, 0.25) is 5.02 Å². The number of ether oxygens (including phenoxy) is 1. The maximum absolute atomic E-state index is 13.7. The molecule has 0 aromatic heterocycles. The number of rotatable bonds is 4. The van der Waals surface area contributed by atoms with E-state index in [1.165, 1.54) is 17.0 Å². The monoisotopic (exact) mass is 403 g/mol. The van der Waals surface area contributed by atoms with E-state index in [0.717, 1.165) is 18.2 Å². The number of carbonyl (C=O) groups excluding carboxylic acids is 1. The van der Waals surface area contributed by atoms with Gasteiger partial charge in [0.2, 0.25) is 5.91 Å². The minimum Gasteiger partial charge on any atom is -0.457 e. The highest BCUT2D eigenvalue weighted by molar-refractivity contribution is 6.31. The number of nitrogens with zero attached hydrogens (tertiary/aromatic N) is 1. The number of hydrogen-bond donors (Lipinski definition) is 0. The molecule has 7 heteroatoms. The summed E-state index contributed by atoms with van der Waals surface area (Å²) in [5.41, 5.74) is 1.63. The lowest BCUT2D eigenvalue weighted by Gasteiger charge is -2.20. The zero-order valence-corrected chi connectivity index (χ0v) is 15.1. The highest BCUT2D eigenvalue weighted by atomic mass is 35.5. The van der Waals surface area contributed by atoms with Gasteiger partial charge in [-0.2, -0.15) is 0 Å². The fourth-order valence-corrected chi connectivity index (χ4v) is 3.39. The first-order valence-electron chi connectivity index (χ1n) is 8.41. The van der Waals surface area contributed by atoms with Gasteiger partial charge in [0.15, 0.2) is 0 Å². The SMILES string of the molecule is O=C1Cc2ccc(F)cc2N1Cc1c(Cl)cccc1Oc1cc(F)cc(F)c1. The third kappa shape index (κ3) is 3.55. The van der Waals surface area contributed by atoms with Crippen LogP contribution >= 0.6 is 11.6 Å². The molecule has 1 heterocycles. The van der Waals surface area contributed by atoms with Crippen molar-refractivity contribution in [2.75, 3.05) is 4.90 Å². The standard InChI is InChI=1S/C21H13ClF3NO2/c22-18-2-1-3-20(28-16-8-14(24)7-15(25)9-16)17(18)11-26-19-10-13(23)5-4-12(19)6-21(26)27/h1-5,7-10H,6,11H2. The van der Waals surface area contributed by atoms with Gasteiger partial charge < -0.3 is 9.64 Å². The Labute approximate surface area is 163 Å². The Morgan fingerprint density at radius 1 is 0.964 bits per heavy atom. The van der Waals surface area contributed by atoms with E-state index < -0.39 is 17.5 Å². The Kier molecular flexibility index (Phi) is 4.73. The van der Waals surface area contributed by atoms with Crippen molar-refractivity contribution in [2.45, 2.75) is 13.0 Å². The van der Waals surface area contributed by atoms with E-state index in [9.17, 15) is 18.0 Å². The molecule has 4 rings (SSSR count). The van der Waals surface area contributed by atoms with Gasteiger partial charge in [-0.05, 0) is 29.8 Å². The Hall–Kier alpha value is -2.99. The molecule has 0 bridgehead atoms. The van der Waals surface area contributed by atoms with Crippen LogP contribution in [-0.2, 0) is 17.8 Å². The summed E-state index contributed by atoms with van der Waals surface area (Å²) in [6.45, 7) is 0.0299. The zero-order chi connectivity index (χ0) is 19.8. The third-order valence-corrected chi connectivity index (χ3v) is 4.79. The molecule has 28 heavy (non-hydrogen) atoms. The van der Waals surface area contributed by atoms with E-state index in [4.69, 9.17) is 16.3 Å². The van der Waals surface area contributed by atoms with Crippen molar-refractivity contribution >= 4 is 23.2 Å². The maximum Gasteiger partial charge on any atom is 0.231 e. The Morgan fingerprint density at radius 2 is 1.71 bits per heavy atom. The molecule has 0 aliphatic carbocycles. The molecule has 0 unspecified atom stereocenters. The van der Waals surface area contributed by atoms with Gasteiger partial charge in [0.25, 0.3) is 0 Å². The molecule has 3 aromatic rings. The highest BCUT2D eigenvalue weighted by Crippen LogP contribution is 2.36. The molecular weight excluding hydrogens is 391 g/mol. The van der Waals surface area contributed by atoms with E-state index in [2.05, 4.69) is 0 Å². The first kappa shape index (κ1) is 18.4. The molecular formula is C21H13ClF3NO2. The summed E-state index contributed by atoms with van der Waals surface area (Å²) in [7, 11) is 0. The smallest absolute Gasteiger partial charge is 0.231 e. The third-order valence-electron chi connectivity index (χ3n) is 4.44. The van der Waals surface area contributed by atoms with Crippen LogP contribution in [-0.4, -0.2) is 5.91 Å². The zero-order valence-electron chi connectivity index (χ0n) is 14.4. The topological polar surface area (TPSA) is 29.5 Å². The Morgan fingerprint density at radius 3 is 2.46 bits per heavy atom. The summed E-state index contributed by atoms with van der Waals surface area (Å²) in [5.74, 6) is -2.02. The van der Waals surface area contributed by atoms with Crippen LogP contribution < -0.4 is 9.64 Å². The van der Waals surface area contributed by atoms with Crippen molar-refractivity contribution < 1.29 is 22.7 Å². The summed E-state index contributed by atoms with van der Waals surface area (Å²) >= 11 is 6.30. The maximum atomic E-state index is 13.7. The summed E-state index contributed by atoms with van der Waals surface area (Å²) in [6, 6.07) is 11.8. The van der Waals surface area contributed by atoms with E-state index >= 15 is 0 Å². The summed E-state index contributed by atoms with van der Waals surface area (Å²) in [4.78, 5) is 13.9. The molecule has 0 fully saturated rings. The molecule has 0 atom stereocenters. The van der Waals surface area contributed by atoms with Crippen LogP contribution in [0, 0.1) is 17.5 Å². The predicted octanol–water partition coefficient (Wildman–Crippen LogP) is 5.64. The van der Waals surface area contributed by atoms with Gasteiger partial charge in [-0.1, -0.05) is 23.7 Å². The van der Waals surface area contributed by atoms with Gasteiger partial charge in [-0.15, -0.1) is 0 Å². The molecule has 3 nitrogen and oxygen atoms in total. The second-order valence-electron chi connectivity index (χ2n) is 6.35. The first-order chi connectivity index (χ1) is 13.4. The molecule has 1 amide bonds. The first-order valence-corrected chi connectivity index (χ1v) is 8.78. The lowest BCUT2D eigenvalue weighted by atomic mass is 10.1. The summed E-state index contributed by atoms with van der Waals surface area (Å²) in [6.07, 6.45) is 0.158. The number of amides is 1. The largest absolute Gasteiger partial charge is 0.457 e. The minimum absolute atomic E-state index is 0.0299. The predicted molar refractivity (Wildman–Crippen MR) is 99.2 cm³/mol. The van der Waals surface area contributed by atoms with Gasteiger partial charge in [0.1, 0.15) is 29.0 Å². The molecule has 0 saturated heterocycles. The van der Waals surface area contributed by atoms with Crippen molar-refractivity contribution in [3.8, 4) is 11.5 Å². The number of hydrogen-bond acceptors (Lipinski definition) is 2. The molecule has 3 aromatic carbocycles. The van der Waals surface area contributed by atoms with Crippen LogP contribution in [0.3, 0.4) is 0 Å². The fraction of sp³-hybridized carbons (Fsp3) is 0.0952. The van der Waals surface area contributed by atoms with Crippen LogP contribution in [0.15, 0.2) is 54.6 Å². The molecule has 142 valence electrons. The van der Waals surface area contributed by atoms with E-state index in [-0.39, 0.29) is 30.4 Å². The number of halogens is 4. The van der Waals surface area contributed by atoms with Crippen molar-refractivity contribution in [3.05, 3.63) is 88.2 Å². The van der Waals surface area contributed by atoms with Gasteiger partial charge >= 0.3 is 0 Å².